The lowest BCUT2D eigenvalue weighted by Gasteiger charge is -2.05. The quantitative estimate of drug-likeness (QED) is 0.491. The molecule has 0 bridgehead atoms. The topological polar surface area (TPSA) is 56.5 Å². The summed E-state index contributed by atoms with van der Waals surface area (Å²) in [6.45, 7) is 0.628. The summed E-state index contributed by atoms with van der Waals surface area (Å²) in [4.78, 5) is 9.19. The Bertz CT molecular complexity index is 1230. The van der Waals surface area contributed by atoms with E-state index in [0.717, 1.165) is 39.7 Å². The summed E-state index contributed by atoms with van der Waals surface area (Å²) in [5, 5.41) is 9.69. The van der Waals surface area contributed by atoms with Crippen molar-refractivity contribution in [2.45, 2.75) is 13.0 Å². The van der Waals surface area contributed by atoms with Crippen LogP contribution in [0.25, 0.3) is 22.1 Å². The van der Waals surface area contributed by atoms with Gasteiger partial charge in [-0.05, 0) is 41.5 Å². The largest absolute Gasteiger partial charge is 0.256 e. The molecule has 5 aromatic rings. The van der Waals surface area contributed by atoms with Gasteiger partial charge in [0.05, 0.1) is 12.1 Å². The van der Waals surface area contributed by atoms with E-state index < -0.39 is 0 Å². The molecule has 0 spiro atoms. The van der Waals surface area contributed by atoms with Gasteiger partial charge in [0.1, 0.15) is 5.52 Å². The zero-order valence-electron chi connectivity index (χ0n) is 14.7. The van der Waals surface area contributed by atoms with Crippen molar-refractivity contribution in [2.24, 2.45) is 0 Å². The van der Waals surface area contributed by atoms with Gasteiger partial charge in [-0.1, -0.05) is 47.7 Å². The number of hydrogen-bond acceptors (Lipinski definition) is 4. The molecule has 0 aliphatic rings. The first-order valence-electron chi connectivity index (χ1n) is 8.92. The number of fused-ring (bicyclic) bond motifs is 2. The molecule has 5 nitrogen and oxygen atoms in total. The SMILES string of the molecule is c1ccc(Cc2ccc3nnn(Cc4ccc5ncccc5c4)c3n2)cc1. The first-order chi connectivity index (χ1) is 13.3. The molecule has 0 atom stereocenters. The van der Waals surface area contributed by atoms with E-state index in [0.29, 0.717) is 6.54 Å². The van der Waals surface area contributed by atoms with Gasteiger partial charge >= 0.3 is 0 Å². The number of rotatable bonds is 4. The average Bonchev–Trinajstić information content (AvgIpc) is 3.11. The third-order valence-corrected chi connectivity index (χ3v) is 4.64. The third kappa shape index (κ3) is 3.15. The van der Waals surface area contributed by atoms with Crippen molar-refractivity contribution >= 4 is 22.1 Å². The summed E-state index contributed by atoms with van der Waals surface area (Å²) in [5.74, 6) is 0. The Hall–Kier alpha value is -3.60. The van der Waals surface area contributed by atoms with Crippen LogP contribution in [0.3, 0.4) is 0 Å². The maximum absolute atomic E-state index is 4.81. The van der Waals surface area contributed by atoms with Crippen molar-refractivity contribution in [2.75, 3.05) is 0 Å². The van der Waals surface area contributed by atoms with Crippen molar-refractivity contribution in [3.05, 3.63) is 95.8 Å². The number of benzene rings is 2. The van der Waals surface area contributed by atoms with Crippen LogP contribution < -0.4 is 0 Å². The van der Waals surface area contributed by atoms with Gasteiger partial charge in [0.25, 0.3) is 0 Å². The molecule has 2 aromatic carbocycles. The Morgan fingerprint density at radius 2 is 1.67 bits per heavy atom. The molecule has 3 aromatic heterocycles. The predicted molar refractivity (Wildman–Crippen MR) is 105 cm³/mol. The van der Waals surface area contributed by atoms with Gasteiger partial charge in [-0.2, -0.15) is 0 Å². The Morgan fingerprint density at radius 3 is 2.59 bits per heavy atom. The van der Waals surface area contributed by atoms with Gasteiger partial charge < -0.3 is 0 Å². The monoisotopic (exact) mass is 351 g/mol. The molecule has 0 unspecified atom stereocenters. The van der Waals surface area contributed by atoms with E-state index >= 15 is 0 Å². The average molecular weight is 351 g/mol. The number of hydrogen-bond donors (Lipinski definition) is 0. The lowest BCUT2D eigenvalue weighted by atomic mass is 10.1. The van der Waals surface area contributed by atoms with Gasteiger partial charge in [-0.3, -0.25) is 4.98 Å². The summed E-state index contributed by atoms with van der Waals surface area (Å²) >= 11 is 0. The summed E-state index contributed by atoms with van der Waals surface area (Å²) in [6.07, 6.45) is 2.61. The zero-order chi connectivity index (χ0) is 18.1. The first-order valence-corrected chi connectivity index (χ1v) is 8.92. The van der Waals surface area contributed by atoms with Crippen molar-refractivity contribution in [1.82, 2.24) is 25.0 Å². The number of pyridine rings is 2. The maximum atomic E-state index is 4.81. The minimum absolute atomic E-state index is 0.628. The van der Waals surface area contributed by atoms with Crippen LogP contribution in [0.2, 0.25) is 0 Å². The van der Waals surface area contributed by atoms with Crippen molar-refractivity contribution in [1.29, 1.82) is 0 Å². The first kappa shape index (κ1) is 15.6. The normalized spacial score (nSPS) is 11.3. The highest BCUT2D eigenvalue weighted by Crippen LogP contribution is 2.17. The van der Waals surface area contributed by atoms with Gasteiger partial charge in [0, 0.05) is 23.7 Å². The molecule has 130 valence electrons. The molecule has 27 heavy (non-hydrogen) atoms. The van der Waals surface area contributed by atoms with E-state index in [2.05, 4.69) is 45.6 Å². The molecule has 0 saturated heterocycles. The van der Waals surface area contributed by atoms with E-state index in [1.54, 1.807) is 0 Å². The molecule has 3 heterocycles. The molecular formula is C22H17N5. The minimum atomic E-state index is 0.628. The van der Waals surface area contributed by atoms with Crippen LogP contribution in [0.15, 0.2) is 79.0 Å². The second kappa shape index (κ2) is 6.61. The Morgan fingerprint density at radius 1 is 0.778 bits per heavy atom. The molecule has 0 radical (unpaired) electrons. The van der Waals surface area contributed by atoms with Gasteiger partial charge in [-0.25, -0.2) is 9.67 Å². The smallest absolute Gasteiger partial charge is 0.179 e. The van der Waals surface area contributed by atoms with E-state index in [1.165, 1.54) is 5.56 Å². The standard InChI is InChI=1S/C22H17N5/c1-2-5-16(6-3-1)14-19-9-11-21-22(24-19)27(26-25-21)15-17-8-10-20-18(13-17)7-4-12-23-20/h1-13H,14-15H2. The fourth-order valence-corrected chi connectivity index (χ4v) is 3.30. The van der Waals surface area contributed by atoms with Crippen molar-refractivity contribution in [3.8, 4) is 0 Å². The van der Waals surface area contributed by atoms with Crippen LogP contribution in [-0.4, -0.2) is 25.0 Å². The Balaban J connectivity index is 1.48. The van der Waals surface area contributed by atoms with E-state index in [9.17, 15) is 0 Å². The van der Waals surface area contributed by atoms with Crippen molar-refractivity contribution in [3.63, 3.8) is 0 Å². The molecule has 0 saturated carbocycles. The summed E-state index contributed by atoms with van der Waals surface area (Å²) in [7, 11) is 0. The fourth-order valence-electron chi connectivity index (χ4n) is 3.30. The summed E-state index contributed by atoms with van der Waals surface area (Å²) in [6, 6.07) is 24.7. The van der Waals surface area contributed by atoms with Gasteiger partial charge in [-0.15, -0.1) is 5.10 Å². The lowest BCUT2D eigenvalue weighted by Crippen LogP contribution is -2.04. The molecule has 0 aliphatic heterocycles. The third-order valence-electron chi connectivity index (χ3n) is 4.64. The minimum Gasteiger partial charge on any atom is -0.256 e. The molecule has 0 N–H and O–H groups in total. The van der Waals surface area contributed by atoms with Crippen LogP contribution in [0.1, 0.15) is 16.8 Å². The zero-order valence-corrected chi connectivity index (χ0v) is 14.7. The molecule has 0 amide bonds. The highest BCUT2D eigenvalue weighted by Gasteiger charge is 2.09. The van der Waals surface area contributed by atoms with Crippen LogP contribution in [0.4, 0.5) is 0 Å². The Kier molecular flexibility index (Phi) is 3.83. The number of nitrogens with zero attached hydrogens (tertiary/aromatic N) is 5. The second-order valence-corrected chi connectivity index (χ2v) is 6.59. The van der Waals surface area contributed by atoms with E-state index in [4.69, 9.17) is 4.98 Å². The molecule has 5 rings (SSSR count). The van der Waals surface area contributed by atoms with Crippen LogP contribution in [0.5, 0.6) is 0 Å². The maximum Gasteiger partial charge on any atom is 0.179 e. The predicted octanol–water partition coefficient (Wildman–Crippen LogP) is 4.01. The highest BCUT2D eigenvalue weighted by atomic mass is 15.4. The second-order valence-electron chi connectivity index (χ2n) is 6.59. The fraction of sp³-hybridized carbons (Fsp3) is 0.0909. The van der Waals surface area contributed by atoms with Crippen LogP contribution >= 0.6 is 0 Å². The molecule has 0 aliphatic carbocycles. The van der Waals surface area contributed by atoms with E-state index in [1.807, 2.05) is 53.3 Å². The summed E-state index contributed by atoms with van der Waals surface area (Å²) in [5.41, 5.74) is 6.03. The summed E-state index contributed by atoms with van der Waals surface area (Å²) < 4.78 is 1.86. The Labute approximate surface area is 156 Å². The van der Waals surface area contributed by atoms with Gasteiger partial charge in [0.15, 0.2) is 5.65 Å². The lowest BCUT2D eigenvalue weighted by molar-refractivity contribution is 0.663. The van der Waals surface area contributed by atoms with Crippen LogP contribution in [0, 0.1) is 0 Å². The van der Waals surface area contributed by atoms with Crippen molar-refractivity contribution < 1.29 is 0 Å². The molecule has 5 heteroatoms. The van der Waals surface area contributed by atoms with Gasteiger partial charge in [0.2, 0.25) is 0 Å². The molecular weight excluding hydrogens is 334 g/mol. The highest BCUT2D eigenvalue weighted by molar-refractivity contribution is 5.79. The number of aromatic nitrogens is 5. The van der Waals surface area contributed by atoms with Crippen LogP contribution in [-0.2, 0) is 13.0 Å². The van der Waals surface area contributed by atoms with E-state index in [-0.39, 0.29) is 0 Å². The molecule has 0 fully saturated rings.